The molecule has 2 N–H and O–H groups in total. The fourth-order valence-electron chi connectivity index (χ4n) is 2.74. The number of carbonyl (C=O) groups is 2. The molecule has 96 valence electrons. The summed E-state index contributed by atoms with van der Waals surface area (Å²) < 4.78 is 0. The summed E-state index contributed by atoms with van der Waals surface area (Å²) in [5, 5.41) is 11.2. The van der Waals surface area contributed by atoms with Crippen LogP contribution in [-0.2, 0) is 4.79 Å². The van der Waals surface area contributed by atoms with Crippen LogP contribution in [0.4, 0.5) is 4.79 Å². The Hall–Kier alpha value is -1.26. The summed E-state index contributed by atoms with van der Waals surface area (Å²) in [7, 11) is 0. The van der Waals surface area contributed by atoms with Crippen LogP contribution in [0.25, 0.3) is 0 Å². The summed E-state index contributed by atoms with van der Waals surface area (Å²) in [6, 6.07) is 0.314. The molecule has 1 atom stereocenters. The van der Waals surface area contributed by atoms with Gasteiger partial charge in [-0.3, -0.25) is 4.79 Å². The molecular weight excluding hydrogens is 220 g/mol. The number of hydrogen-bond acceptors (Lipinski definition) is 2. The summed E-state index contributed by atoms with van der Waals surface area (Å²) in [5.74, 6) is -0.190. The number of likely N-dealkylation sites (tertiary alicyclic amines) is 1. The van der Waals surface area contributed by atoms with Crippen molar-refractivity contribution in [3.63, 3.8) is 0 Å². The fourth-order valence-corrected chi connectivity index (χ4v) is 2.74. The van der Waals surface area contributed by atoms with Gasteiger partial charge in [0.2, 0.25) is 0 Å². The third kappa shape index (κ3) is 2.90. The van der Waals surface area contributed by atoms with Gasteiger partial charge in [0.25, 0.3) is 0 Å². The number of aliphatic carboxylic acids is 1. The average Bonchev–Trinajstić information content (AvgIpc) is 2.63. The van der Waals surface area contributed by atoms with Crippen molar-refractivity contribution in [3.05, 3.63) is 0 Å². The van der Waals surface area contributed by atoms with Crippen LogP contribution in [0, 0.1) is 5.92 Å². The third-order valence-corrected chi connectivity index (χ3v) is 3.87. The number of hydrogen-bond donors (Lipinski definition) is 2. The second-order valence-corrected chi connectivity index (χ2v) is 4.97. The van der Waals surface area contributed by atoms with E-state index in [4.69, 9.17) is 5.11 Å². The van der Waals surface area contributed by atoms with Gasteiger partial charge in [0, 0.05) is 19.1 Å². The van der Waals surface area contributed by atoms with E-state index in [0.29, 0.717) is 12.0 Å². The van der Waals surface area contributed by atoms with Gasteiger partial charge in [0.1, 0.15) is 0 Å². The summed E-state index contributed by atoms with van der Waals surface area (Å²) in [6.45, 7) is 1.04. The van der Waals surface area contributed by atoms with Gasteiger partial charge in [-0.2, -0.15) is 0 Å². The lowest BCUT2D eigenvalue weighted by molar-refractivity contribution is -0.136. The summed E-state index contributed by atoms with van der Waals surface area (Å²) >= 11 is 0. The quantitative estimate of drug-likeness (QED) is 0.781. The SMILES string of the molecule is O=C(O)CCNC(=O)N1CCCC1C1CCC1. The number of amides is 2. The highest BCUT2D eigenvalue weighted by atomic mass is 16.4. The number of urea groups is 1. The summed E-state index contributed by atoms with van der Waals surface area (Å²) in [5.41, 5.74) is 0. The molecule has 1 saturated carbocycles. The van der Waals surface area contributed by atoms with Crippen molar-refractivity contribution in [3.8, 4) is 0 Å². The van der Waals surface area contributed by atoms with Crippen molar-refractivity contribution >= 4 is 12.0 Å². The lowest BCUT2D eigenvalue weighted by Crippen LogP contribution is -2.47. The van der Waals surface area contributed by atoms with Gasteiger partial charge >= 0.3 is 12.0 Å². The Kier molecular flexibility index (Phi) is 3.86. The monoisotopic (exact) mass is 240 g/mol. The largest absolute Gasteiger partial charge is 0.481 e. The molecule has 1 unspecified atom stereocenters. The molecule has 1 saturated heterocycles. The van der Waals surface area contributed by atoms with E-state index in [9.17, 15) is 9.59 Å². The van der Waals surface area contributed by atoms with Gasteiger partial charge < -0.3 is 15.3 Å². The molecule has 5 nitrogen and oxygen atoms in total. The van der Waals surface area contributed by atoms with Gasteiger partial charge in [-0.15, -0.1) is 0 Å². The Morgan fingerprint density at radius 2 is 2.00 bits per heavy atom. The maximum atomic E-state index is 11.9. The molecule has 1 aliphatic carbocycles. The van der Waals surface area contributed by atoms with Crippen LogP contribution < -0.4 is 5.32 Å². The van der Waals surface area contributed by atoms with Crippen LogP contribution in [0.3, 0.4) is 0 Å². The third-order valence-electron chi connectivity index (χ3n) is 3.87. The highest BCUT2D eigenvalue weighted by Crippen LogP contribution is 2.36. The molecule has 0 spiro atoms. The van der Waals surface area contributed by atoms with E-state index in [1.807, 2.05) is 4.90 Å². The molecule has 2 amide bonds. The van der Waals surface area contributed by atoms with Crippen molar-refractivity contribution in [1.29, 1.82) is 0 Å². The molecule has 0 radical (unpaired) electrons. The van der Waals surface area contributed by atoms with Crippen LogP contribution in [0.1, 0.15) is 38.5 Å². The molecule has 2 aliphatic rings. The van der Waals surface area contributed by atoms with Crippen molar-refractivity contribution in [2.75, 3.05) is 13.1 Å². The van der Waals surface area contributed by atoms with Crippen LogP contribution in [0.5, 0.6) is 0 Å². The smallest absolute Gasteiger partial charge is 0.317 e. The van der Waals surface area contributed by atoms with E-state index in [1.165, 1.54) is 19.3 Å². The Bertz CT molecular complexity index is 302. The molecular formula is C12H20N2O3. The maximum absolute atomic E-state index is 11.9. The zero-order valence-corrected chi connectivity index (χ0v) is 10.0. The van der Waals surface area contributed by atoms with E-state index < -0.39 is 5.97 Å². The molecule has 0 aromatic carbocycles. The average molecular weight is 240 g/mol. The number of carboxylic acid groups (broad SMARTS) is 1. The highest BCUT2D eigenvalue weighted by Gasteiger charge is 2.37. The first-order valence-corrected chi connectivity index (χ1v) is 6.45. The zero-order chi connectivity index (χ0) is 12.3. The first-order valence-electron chi connectivity index (χ1n) is 6.45. The Labute approximate surface area is 101 Å². The van der Waals surface area contributed by atoms with Gasteiger partial charge in [0.15, 0.2) is 0 Å². The molecule has 2 fully saturated rings. The number of nitrogens with one attached hydrogen (secondary N) is 1. The summed E-state index contributed by atoms with van der Waals surface area (Å²) in [4.78, 5) is 24.2. The minimum absolute atomic E-state index is 0.00627. The normalized spacial score (nSPS) is 24.5. The molecule has 1 aliphatic heterocycles. The minimum atomic E-state index is -0.873. The van der Waals surface area contributed by atoms with Gasteiger partial charge in [-0.05, 0) is 31.6 Å². The van der Waals surface area contributed by atoms with Crippen LogP contribution in [-0.4, -0.2) is 41.1 Å². The molecule has 17 heavy (non-hydrogen) atoms. The van der Waals surface area contributed by atoms with E-state index in [1.54, 1.807) is 0 Å². The second-order valence-electron chi connectivity index (χ2n) is 4.97. The Morgan fingerprint density at radius 1 is 1.24 bits per heavy atom. The van der Waals surface area contributed by atoms with Crippen molar-refractivity contribution in [1.82, 2.24) is 10.2 Å². The lowest BCUT2D eigenvalue weighted by atomic mass is 9.79. The van der Waals surface area contributed by atoms with Crippen LogP contribution >= 0.6 is 0 Å². The Balaban J connectivity index is 1.78. The topological polar surface area (TPSA) is 69.6 Å². The molecule has 1 heterocycles. The lowest BCUT2D eigenvalue weighted by Gasteiger charge is -2.36. The van der Waals surface area contributed by atoms with Gasteiger partial charge in [-0.1, -0.05) is 6.42 Å². The fraction of sp³-hybridized carbons (Fsp3) is 0.833. The maximum Gasteiger partial charge on any atom is 0.317 e. The predicted molar refractivity (Wildman–Crippen MR) is 62.7 cm³/mol. The molecule has 5 heteroatoms. The molecule has 2 rings (SSSR count). The first kappa shape index (κ1) is 12.2. The van der Waals surface area contributed by atoms with E-state index >= 15 is 0 Å². The number of rotatable bonds is 4. The number of carboxylic acids is 1. The van der Waals surface area contributed by atoms with Gasteiger partial charge in [-0.25, -0.2) is 4.79 Å². The number of carbonyl (C=O) groups excluding carboxylic acids is 1. The standard InChI is InChI=1S/C12H20N2O3/c15-11(16)6-7-13-12(17)14-8-2-5-10(14)9-3-1-4-9/h9-10H,1-8H2,(H,13,17)(H,15,16). The molecule has 0 aromatic rings. The van der Waals surface area contributed by atoms with Crippen LogP contribution in [0.2, 0.25) is 0 Å². The first-order chi connectivity index (χ1) is 8.18. The summed E-state index contributed by atoms with van der Waals surface area (Å²) in [6.07, 6.45) is 5.95. The Morgan fingerprint density at radius 3 is 2.59 bits per heavy atom. The van der Waals surface area contributed by atoms with Crippen molar-refractivity contribution < 1.29 is 14.7 Å². The van der Waals surface area contributed by atoms with Crippen molar-refractivity contribution in [2.24, 2.45) is 5.92 Å². The van der Waals surface area contributed by atoms with Crippen LogP contribution in [0.15, 0.2) is 0 Å². The minimum Gasteiger partial charge on any atom is -0.481 e. The zero-order valence-electron chi connectivity index (χ0n) is 10.0. The predicted octanol–water partition coefficient (Wildman–Crippen LogP) is 1.44. The van der Waals surface area contributed by atoms with E-state index in [0.717, 1.165) is 19.4 Å². The number of nitrogens with zero attached hydrogens (tertiary/aromatic N) is 1. The molecule has 0 bridgehead atoms. The van der Waals surface area contributed by atoms with E-state index in [2.05, 4.69) is 5.32 Å². The van der Waals surface area contributed by atoms with Gasteiger partial charge in [0.05, 0.1) is 6.42 Å². The molecule has 0 aromatic heterocycles. The highest BCUT2D eigenvalue weighted by molar-refractivity contribution is 5.75. The second kappa shape index (κ2) is 5.38. The van der Waals surface area contributed by atoms with Crippen molar-refractivity contribution in [2.45, 2.75) is 44.6 Å². The van der Waals surface area contributed by atoms with E-state index in [-0.39, 0.29) is 19.0 Å².